The Kier molecular flexibility index (Phi) is 5.43. The van der Waals surface area contributed by atoms with Crippen molar-refractivity contribution in [2.45, 2.75) is 12.8 Å². The van der Waals surface area contributed by atoms with Crippen LogP contribution in [0.3, 0.4) is 0 Å². The maximum atomic E-state index is 12.4. The van der Waals surface area contributed by atoms with Crippen LogP contribution >= 0.6 is 11.3 Å². The molecule has 3 rings (SSSR count). The molecule has 0 bridgehead atoms. The minimum atomic E-state index is -1.22. The normalized spacial score (nSPS) is 18.9. The number of nitrogens with one attached hydrogen (secondary N) is 2. The van der Waals surface area contributed by atoms with Crippen molar-refractivity contribution in [3.63, 3.8) is 0 Å². The molecule has 0 aliphatic heterocycles. The molecule has 0 radical (unpaired) electrons. The summed E-state index contributed by atoms with van der Waals surface area (Å²) in [6.45, 7) is 0. The fourth-order valence-electron chi connectivity index (χ4n) is 2.76. The molecule has 1 aromatic heterocycles. The van der Waals surface area contributed by atoms with Crippen LogP contribution < -0.4 is 15.7 Å². The van der Waals surface area contributed by atoms with Gasteiger partial charge in [0.1, 0.15) is 0 Å². The van der Waals surface area contributed by atoms with Crippen LogP contribution in [0, 0.1) is 11.8 Å². The Morgan fingerprint density at radius 3 is 2.35 bits per heavy atom. The molecule has 2 atom stereocenters. The first-order valence-corrected chi connectivity index (χ1v) is 8.90. The molecule has 0 spiro atoms. The van der Waals surface area contributed by atoms with E-state index in [2.05, 4.69) is 15.6 Å². The van der Waals surface area contributed by atoms with Gasteiger partial charge >= 0.3 is 0 Å². The SMILES string of the molecule is O=C(Nc1nccs1)c1ccc(NC(=O)[C@@H]2CC=CC[C@@H]2C(=O)[O-])cc1. The molecule has 134 valence electrons. The lowest BCUT2D eigenvalue weighted by Gasteiger charge is -2.28. The molecular weight excluding hydrogens is 354 g/mol. The predicted molar refractivity (Wildman–Crippen MR) is 95.5 cm³/mol. The lowest BCUT2D eigenvalue weighted by molar-refractivity contribution is -0.313. The number of benzene rings is 1. The summed E-state index contributed by atoms with van der Waals surface area (Å²) in [7, 11) is 0. The van der Waals surface area contributed by atoms with E-state index in [1.807, 2.05) is 0 Å². The molecule has 2 amide bonds. The summed E-state index contributed by atoms with van der Waals surface area (Å²) in [6.07, 6.45) is 5.80. The van der Waals surface area contributed by atoms with Crippen molar-refractivity contribution in [3.8, 4) is 0 Å². The van der Waals surface area contributed by atoms with E-state index in [1.165, 1.54) is 11.3 Å². The Bertz CT molecular complexity index is 831. The number of nitrogens with zero attached hydrogens (tertiary/aromatic N) is 1. The summed E-state index contributed by atoms with van der Waals surface area (Å²) in [5.41, 5.74) is 0.916. The van der Waals surface area contributed by atoms with Gasteiger partial charge in [-0.1, -0.05) is 12.2 Å². The number of hydrogen-bond donors (Lipinski definition) is 2. The molecule has 0 unspecified atom stereocenters. The third-order valence-corrected chi connectivity index (χ3v) is 4.83. The van der Waals surface area contributed by atoms with Crippen molar-refractivity contribution >= 4 is 39.9 Å². The monoisotopic (exact) mass is 370 g/mol. The minimum absolute atomic E-state index is 0.288. The lowest BCUT2D eigenvalue weighted by Crippen LogP contribution is -2.41. The summed E-state index contributed by atoms with van der Waals surface area (Å²) in [5.74, 6) is -3.39. The largest absolute Gasteiger partial charge is 0.550 e. The Balaban J connectivity index is 1.63. The molecule has 1 aliphatic rings. The van der Waals surface area contributed by atoms with Crippen molar-refractivity contribution in [3.05, 3.63) is 53.6 Å². The van der Waals surface area contributed by atoms with Gasteiger partial charge in [0.15, 0.2) is 5.13 Å². The highest BCUT2D eigenvalue weighted by Crippen LogP contribution is 2.26. The molecule has 26 heavy (non-hydrogen) atoms. The van der Waals surface area contributed by atoms with Crippen molar-refractivity contribution in [1.29, 1.82) is 0 Å². The van der Waals surface area contributed by atoms with Crippen LogP contribution in [0.1, 0.15) is 23.2 Å². The second-order valence-corrected chi connectivity index (χ2v) is 6.73. The van der Waals surface area contributed by atoms with Crippen LogP contribution in [-0.4, -0.2) is 22.8 Å². The van der Waals surface area contributed by atoms with Crippen LogP contribution in [0.2, 0.25) is 0 Å². The zero-order valence-corrected chi connectivity index (χ0v) is 14.5. The van der Waals surface area contributed by atoms with Gasteiger partial charge in [0.25, 0.3) is 5.91 Å². The molecule has 2 aromatic rings. The van der Waals surface area contributed by atoms with Crippen LogP contribution in [0.4, 0.5) is 10.8 Å². The smallest absolute Gasteiger partial charge is 0.257 e. The van der Waals surface area contributed by atoms with Crippen molar-refractivity contribution < 1.29 is 19.5 Å². The number of anilines is 2. The Labute approximate surface area is 153 Å². The van der Waals surface area contributed by atoms with Gasteiger partial charge in [-0.15, -0.1) is 11.3 Å². The maximum Gasteiger partial charge on any atom is 0.257 e. The van der Waals surface area contributed by atoms with E-state index in [-0.39, 0.29) is 18.2 Å². The summed E-state index contributed by atoms with van der Waals surface area (Å²) in [4.78, 5) is 39.7. The number of carboxylic acid groups (broad SMARTS) is 1. The van der Waals surface area contributed by atoms with Gasteiger partial charge in [-0.25, -0.2) is 4.98 Å². The Hall–Kier alpha value is -3.00. The van der Waals surface area contributed by atoms with E-state index in [1.54, 1.807) is 48.0 Å². The second kappa shape index (κ2) is 7.92. The molecule has 1 aliphatic carbocycles. The van der Waals surface area contributed by atoms with Crippen LogP contribution in [-0.2, 0) is 9.59 Å². The molecular formula is C18H16N3O4S-. The summed E-state index contributed by atoms with van der Waals surface area (Å²) in [5, 5.41) is 18.8. The van der Waals surface area contributed by atoms with Gasteiger partial charge in [0, 0.05) is 34.7 Å². The van der Waals surface area contributed by atoms with Crippen LogP contribution in [0.5, 0.6) is 0 Å². The highest BCUT2D eigenvalue weighted by Gasteiger charge is 2.29. The lowest BCUT2D eigenvalue weighted by atomic mass is 9.82. The number of amides is 2. The second-order valence-electron chi connectivity index (χ2n) is 5.83. The first kappa shape index (κ1) is 17.8. The van der Waals surface area contributed by atoms with Crippen molar-refractivity contribution in [1.82, 2.24) is 4.98 Å². The van der Waals surface area contributed by atoms with Gasteiger partial charge < -0.3 is 15.2 Å². The predicted octanol–water partition coefficient (Wildman–Crippen LogP) is 1.67. The molecule has 0 saturated heterocycles. The van der Waals surface area contributed by atoms with Gasteiger partial charge in [0.05, 0.1) is 5.92 Å². The zero-order chi connectivity index (χ0) is 18.5. The van der Waals surface area contributed by atoms with E-state index < -0.39 is 17.8 Å². The number of carboxylic acids is 1. The summed E-state index contributed by atoms with van der Waals surface area (Å²) < 4.78 is 0. The Morgan fingerprint density at radius 2 is 1.73 bits per heavy atom. The van der Waals surface area contributed by atoms with E-state index in [0.717, 1.165) is 0 Å². The topological polar surface area (TPSA) is 111 Å². The van der Waals surface area contributed by atoms with Crippen LogP contribution in [0.15, 0.2) is 48.0 Å². The number of rotatable bonds is 5. The third-order valence-electron chi connectivity index (χ3n) is 4.14. The van der Waals surface area contributed by atoms with E-state index in [4.69, 9.17) is 0 Å². The number of allylic oxidation sites excluding steroid dienone is 2. The van der Waals surface area contributed by atoms with E-state index in [0.29, 0.717) is 22.8 Å². The molecule has 8 heteroatoms. The number of thiazole rings is 1. The van der Waals surface area contributed by atoms with Crippen LogP contribution in [0.25, 0.3) is 0 Å². The van der Waals surface area contributed by atoms with Gasteiger partial charge in [-0.05, 0) is 37.1 Å². The highest BCUT2D eigenvalue weighted by atomic mass is 32.1. The Morgan fingerprint density at radius 1 is 1.04 bits per heavy atom. The molecule has 1 aromatic carbocycles. The fraction of sp³-hybridized carbons (Fsp3) is 0.222. The average Bonchev–Trinajstić information content (AvgIpc) is 3.15. The van der Waals surface area contributed by atoms with Gasteiger partial charge in [-0.3, -0.25) is 14.9 Å². The van der Waals surface area contributed by atoms with Crippen molar-refractivity contribution in [2.75, 3.05) is 10.6 Å². The molecule has 0 fully saturated rings. The average molecular weight is 370 g/mol. The van der Waals surface area contributed by atoms with Gasteiger partial charge in [-0.2, -0.15) is 0 Å². The maximum absolute atomic E-state index is 12.4. The third kappa shape index (κ3) is 4.15. The first-order chi connectivity index (χ1) is 12.5. The standard InChI is InChI=1S/C18H17N3O4S/c22-15(21-18-19-9-10-26-18)11-5-7-12(8-6-11)20-16(23)13-3-1-2-4-14(13)17(24)25/h1-2,5-10,13-14H,3-4H2,(H,20,23)(H,24,25)(H,19,21,22)/p-1/t13-,14+/m1/s1. The fourth-order valence-corrected chi connectivity index (χ4v) is 3.28. The highest BCUT2D eigenvalue weighted by molar-refractivity contribution is 7.13. The molecule has 1 heterocycles. The molecule has 2 N–H and O–H groups in total. The number of aromatic nitrogens is 1. The minimum Gasteiger partial charge on any atom is -0.550 e. The number of carbonyl (C=O) groups excluding carboxylic acids is 3. The zero-order valence-electron chi connectivity index (χ0n) is 13.7. The van der Waals surface area contributed by atoms with Gasteiger partial charge in [0.2, 0.25) is 5.91 Å². The van der Waals surface area contributed by atoms with Crippen molar-refractivity contribution in [2.24, 2.45) is 11.8 Å². The number of aliphatic carboxylic acids is 1. The summed E-state index contributed by atoms with van der Waals surface area (Å²) in [6, 6.07) is 6.35. The molecule has 0 saturated carbocycles. The quantitative estimate of drug-likeness (QED) is 0.778. The van der Waals surface area contributed by atoms with E-state index in [9.17, 15) is 19.5 Å². The first-order valence-electron chi connectivity index (χ1n) is 8.02. The number of hydrogen-bond acceptors (Lipinski definition) is 6. The molecule has 7 nitrogen and oxygen atoms in total. The summed E-state index contributed by atoms with van der Waals surface area (Å²) >= 11 is 1.32. The number of carbonyl (C=O) groups is 3. The van der Waals surface area contributed by atoms with E-state index >= 15 is 0 Å².